The molecule has 24 heavy (non-hydrogen) atoms. The fourth-order valence-corrected chi connectivity index (χ4v) is 2.94. The first-order valence-corrected chi connectivity index (χ1v) is 8.24. The van der Waals surface area contributed by atoms with Crippen LogP contribution in [0.3, 0.4) is 0 Å². The second-order valence-electron chi connectivity index (χ2n) is 5.63. The highest BCUT2D eigenvalue weighted by atomic mass is 32.2. The van der Waals surface area contributed by atoms with Crippen LogP contribution in [0.5, 0.6) is 0 Å². The Hall–Kier alpha value is -1.99. The van der Waals surface area contributed by atoms with E-state index in [-0.39, 0.29) is 6.42 Å². The van der Waals surface area contributed by atoms with E-state index >= 15 is 0 Å². The molecule has 0 bridgehead atoms. The molecule has 0 saturated heterocycles. The van der Waals surface area contributed by atoms with Crippen molar-refractivity contribution in [3.63, 3.8) is 0 Å². The van der Waals surface area contributed by atoms with Crippen LogP contribution in [0.2, 0.25) is 0 Å². The summed E-state index contributed by atoms with van der Waals surface area (Å²) in [5.41, 5.74) is 1.72. The summed E-state index contributed by atoms with van der Waals surface area (Å²) < 4.78 is 39.4. The van der Waals surface area contributed by atoms with Crippen LogP contribution in [0.15, 0.2) is 58.5 Å². The second-order valence-corrected chi connectivity index (χ2v) is 6.34. The predicted molar refractivity (Wildman–Crippen MR) is 91.0 cm³/mol. The third-order valence-electron chi connectivity index (χ3n) is 3.94. The van der Waals surface area contributed by atoms with Crippen LogP contribution in [-0.2, 0) is 0 Å². The molecule has 2 aromatic rings. The molecule has 0 amide bonds. The predicted octanol–water partition coefficient (Wildman–Crippen LogP) is 4.83. The fraction of sp³-hybridized carbons (Fsp3) is 0.235. The molecule has 126 valence electrons. The van der Waals surface area contributed by atoms with Crippen molar-refractivity contribution in [2.75, 3.05) is 5.01 Å². The van der Waals surface area contributed by atoms with Gasteiger partial charge in [-0.2, -0.15) is 18.3 Å². The Bertz CT molecular complexity index is 739. The van der Waals surface area contributed by atoms with E-state index in [4.69, 9.17) is 5.14 Å². The third-order valence-corrected chi connectivity index (χ3v) is 4.48. The number of rotatable bonds is 3. The summed E-state index contributed by atoms with van der Waals surface area (Å²) in [5, 5.41) is 10.8. The van der Waals surface area contributed by atoms with Gasteiger partial charge in [-0.25, -0.2) is 0 Å². The van der Waals surface area contributed by atoms with Gasteiger partial charge in [0.25, 0.3) is 0 Å². The molecule has 1 aliphatic rings. The molecular weight excluding hydrogens is 335 g/mol. The highest BCUT2D eigenvalue weighted by molar-refractivity contribution is 7.97. The Morgan fingerprint density at radius 3 is 2.25 bits per heavy atom. The van der Waals surface area contributed by atoms with Gasteiger partial charge in [0.2, 0.25) is 0 Å². The fourth-order valence-electron chi connectivity index (χ4n) is 2.65. The molecule has 0 radical (unpaired) electrons. The van der Waals surface area contributed by atoms with Crippen LogP contribution in [0, 0.1) is 6.92 Å². The van der Waals surface area contributed by atoms with Gasteiger partial charge in [-0.3, -0.25) is 10.1 Å². The number of nitrogens with two attached hydrogens (primary N) is 1. The zero-order valence-electron chi connectivity index (χ0n) is 12.9. The number of benzene rings is 2. The quantitative estimate of drug-likeness (QED) is 0.805. The molecule has 0 spiro atoms. The van der Waals surface area contributed by atoms with Gasteiger partial charge >= 0.3 is 6.18 Å². The summed E-state index contributed by atoms with van der Waals surface area (Å²) in [6, 6.07) is 14.0. The first-order chi connectivity index (χ1) is 11.4. The van der Waals surface area contributed by atoms with Gasteiger partial charge in [0.1, 0.15) is 5.71 Å². The maximum absolute atomic E-state index is 13.1. The van der Waals surface area contributed by atoms with Crippen molar-refractivity contribution < 1.29 is 13.2 Å². The van der Waals surface area contributed by atoms with E-state index in [1.54, 1.807) is 24.3 Å². The Morgan fingerprint density at radius 2 is 1.71 bits per heavy atom. The molecule has 0 fully saturated rings. The minimum Gasteiger partial charge on any atom is -0.274 e. The third kappa shape index (κ3) is 3.42. The molecule has 7 heteroatoms. The Labute approximate surface area is 142 Å². The van der Waals surface area contributed by atoms with E-state index < -0.39 is 17.9 Å². The van der Waals surface area contributed by atoms with Gasteiger partial charge < -0.3 is 0 Å². The molecule has 1 heterocycles. The average molecular weight is 351 g/mol. The molecule has 3 nitrogen and oxygen atoms in total. The molecule has 2 N–H and O–H groups in total. The lowest BCUT2D eigenvalue weighted by Gasteiger charge is -2.24. The molecule has 0 aromatic heterocycles. The topological polar surface area (TPSA) is 41.6 Å². The van der Waals surface area contributed by atoms with E-state index in [1.807, 2.05) is 31.2 Å². The molecule has 0 aliphatic carbocycles. The van der Waals surface area contributed by atoms with E-state index in [9.17, 15) is 13.2 Å². The largest absolute Gasteiger partial charge is 0.431 e. The van der Waals surface area contributed by atoms with Crippen molar-refractivity contribution in [1.29, 1.82) is 0 Å². The lowest BCUT2D eigenvalue weighted by Crippen LogP contribution is -2.21. The van der Waals surface area contributed by atoms with Crippen molar-refractivity contribution in [3.05, 3.63) is 59.7 Å². The van der Waals surface area contributed by atoms with Crippen molar-refractivity contribution in [3.8, 4) is 0 Å². The molecule has 1 atom stereocenters. The zero-order chi connectivity index (χ0) is 17.3. The lowest BCUT2D eigenvalue weighted by atomic mass is 10.00. The Kier molecular flexibility index (Phi) is 4.56. The van der Waals surface area contributed by atoms with Crippen LogP contribution in [0.4, 0.5) is 18.9 Å². The first kappa shape index (κ1) is 16.9. The standard InChI is InChI=1S/C17H16F3N3S/c1-11-2-4-12(5-3-11)15-10-16(17(18,19)20)22-23(15)13-6-8-14(24-21)9-7-13/h2-9,15H,10,21H2,1H3. The Morgan fingerprint density at radius 1 is 1.08 bits per heavy atom. The number of hydrogen-bond donors (Lipinski definition) is 1. The monoisotopic (exact) mass is 351 g/mol. The van der Waals surface area contributed by atoms with Crippen LogP contribution in [-0.4, -0.2) is 11.9 Å². The summed E-state index contributed by atoms with van der Waals surface area (Å²) >= 11 is 1.09. The number of anilines is 1. The van der Waals surface area contributed by atoms with E-state index in [0.717, 1.165) is 28.0 Å². The van der Waals surface area contributed by atoms with Crippen molar-refractivity contribution in [1.82, 2.24) is 0 Å². The molecule has 1 unspecified atom stereocenters. The highest BCUT2D eigenvalue weighted by Gasteiger charge is 2.43. The summed E-state index contributed by atoms with van der Waals surface area (Å²) in [6.07, 6.45) is -4.59. The van der Waals surface area contributed by atoms with E-state index in [0.29, 0.717) is 5.69 Å². The van der Waals surface area contributed by atoms with Gasteiger partial charge in [0.05, 0.1) is 11.7 Å². The number of hydrazone groups is 1. The highest BCUT2D eigenvalue weighted by Crippen LogP contribution is 2.39. The zero-order valence-corrected chi connectivity index (χ0v) is 13.7. The maximum Gasteiger partial charge on any atom is 0.431 e. The normalized spacial score (nSPS) is 18.0. The lowest BCUT2D eigenvalue weighted by molar-refractivity contribution is -0.0600. The van der Waals surface area contributed by atoms with Gasteiger partial charge in [0, 0.05) is 11.3 Å². The minimum atomic E-state index is -4.43. The smallest absolute Gasteiger partial charge is 0.274 e. The summed E-state index contributed by atoms with van der Waals surface area (Å²) in [7, 11) is 0. The second kappa shape index (κ2) is 6.49. The summed E-state index contributed by atoms with van der Waals surface area (Å²) in [6.45, 7) is 1.94. The molecule has 0 saturated carbocycles. The first-order valence-electron chi connectivity index (χ1n) is 7.36. The Balaban J connectivity index is 1.98. The van der Waals surface area contributed by atoms with Gasteiger partial charge in [-0.05, 0) is 48.7 Å². The van der Waals surface area contributed by atoms with Crippen molar-refractivity contribution in [2.45, 2.75) is 30.5 Å². The van der Waals surface area contributed by atoms with Crippen LogP contribution in [0.25, 0.3) is 0 Å². The van der Waals surface area contributed by atoms with E-state index in [1.165, 1.54) is 5.01 Å². The van der Waals surface area contributed by atoms with Gasteiger partial charge in [-0.1, -0.05) is 29.8 Å². The number of hydrogen-bond acceptors (Lipinski definition) is 4. The SMILES string of the molecule is Cc1ccc(C2CC(C(F)(F)F)=NN2c2ccc(SN)cc2)cc1. The molecule has 3 rings (SSSR count). The average Bonchev–Trinajstić information content (AvgIpc) is 3.01. The van der Waals surface area contributed by atoms with Gasteiger partial charge in [-0.15, -0.1) is 0 Å². The molecule has 1 aliphatic heterocycles. The van der Waals surface area contributed by atoms with Gasteiger partial charge in [0.15, 0.2) is 0 Å². The number of halogens is 3. The summed E-state index contributed by atoms with van der Waals surface area (Å²) in [4.78, 5) is 0.838. The molecular formula is C17H16F3N3S. The maximum atomic E-state index is 13.1. The van der Waals surface area contributed by atoms with Crippen molar-refractivity contribution in [2.24, 2.45) is 10.2 Å². The van der Waals surface area contributed by atoms with Crippen LogP contribution >= 0.6 is 11.9 Å². The number of aryl methyl sites for hydroxylation is 1. The van der Waals surface area contributed by atoms with Crippen molar-refractivity contribution >= 4 is 23.3 Å². The van der Waals surface area contributed by atoms with Crippen LogP contribution < -0.4 is 10.1 Å². The van der Waals surface area contributed by atoms with Crippen LogP contribution in [0.1, 0.15) is 23.6 Å². The molecule has 2 aromatic carbocycles. The number of alkyl halides is 3. The minimum absolute atomic E-state index is 0.167. The van der Waals surface area contributed by atoms with E-state index in [2.05, 4.69) is 5.10 Å². The summed E-state index contributed by atoms with van der Waals surface area (Å²) in [5.74, 6) is 0. The number of nitrogens with zero attached hydrogens (tertiary/aromatic N) is 2.